The fourth-order valence-corrected chi connectivity index (χ4v) is 5.33. The van der Waals surface area contributed by atoms with Crippen molar-refractivity contribution in [2.45, 2.75) is 63.2 Å². The van der Waals surface area contributed by atoms with Crippen LogP contribution in [0.2, 0.25) is 0 Å². The van der Waals surface area contributed by atoms with Gasteiger partial charge in [-0.05, 0) is 51.0 Å². The highest BCUT2D eigenvalue weighted by Crippen LogP contribution is 2.35. The first kappa shape index (κ1) is 13.3. The van der Waals surface area contributed by atoms with Gasteiger partial charge in [0.25, 0.3) is 0 Å². The topological polar surface area (TPSA) is 46.2 Å². The van der Waals surface area contributed by atoms with Crippen molar-refractivity contribution in [3.63, 3.8) is 0 Å². The standard InChI is InChI=1S/C13H25NO2S/c1-11(2)13(7-4-9-14-13)8-6-12-5-3-10-17(12,15)16/h11-12,14H,3-10H2,1-2H3. The van der Waals surface area contributed by atoms with Crippen molar-refractivity contribution in [1.82, 2.24) is 5.32 Å². The molecule has 2 saturated heterocycles. The molecule has 2 unspecified atom stereocenters. The Morgan fingerprint density at radius 1 is 1.35 bits per heavy atom. The fourth-order valence-electron chi connectivity index (χ4n) is 3.43. The van der Waals surface area contributed by atoms with E-state index in [0.29, 0.717) is 11.7 Å². The van der Waals surface area contributed by atoms with Crippen LogP contribution < -0.4 is 5.32 Å². The molecule has 3 nitrogen and oxygen atoms in total. The third-order valence-electron chi connectivity index (χ3n) is 4.76. The first-order valence-corrected chi connectivity index (χ1v) is 8.64. The maximum absolute atomic E-state index is 11.8. The molecule has 2 aliphatic heterocycles. The number of hydrogen-bond donors (Lipinski definition) is 1. The molecule has 0 bridgehead atoms. The predicted octanol–water partition coefficient (Wildman–Crippen LogP) is 2.12. The van der Waals surface area contributed by atoms with E-state index in [1.165, 1.54) is 12.8 Å². The predicted molar refractivity (Wildman–Crippen MR) is 70.8 cm³/mol. The molecule has 0 amide bonds. The van der Waals surface area contributed by atoms with E-state index in [9.17, 15) is 8.42 Å². The molecule has 2 heterocycles. The summed E-state index contributed by atoms with van der Waals surface area (Å²) >= 11 is 0. The molecule has 0 radical (unpaired) electrons. The van der Waals surface area contributed by atoms with Gasteiger partial charge < -0.3 is 5.32 Å². The van der Waals surface area contributed by atoms with Crippen LogP contribution in [0.15, 0.2) is 0 Å². The number of hydrogen-bond acceptors (Lipinski definition) is 3. The largest absolute Gasteiger partial charge is 0.311 e. The molecule has 0 saturated carbocycles. The molecule has 0 aromatic carbocycles. The third kappa shape index (κ3) is 2.68. The van der Waals surface area contributed by atoms with Gasteiger partial charge in [-0.25, -0.2) is 8.42 Å². The molecule has 0 spiro atoms. The Morgan fingerprint density at radius 3 is 2.59 bits per heavy atom. The monoisotopic (exact) mass is 259 g/mol. The molecular formula is C13H25NO2S. The second-order valence-electron chi connectivity index (χ2n) is 6.01. The van der Waals surface area contributed by atoms with Crippen molar-refractivity contribution < 1.29 is 8.42 Å². The van der Waals surface area contributed by atoms with Crippen LogP contribution in [-0.4, -0.2) is 31.5 Å². The molecule has 0 aliphatic carbocycles. The van der Waals surface area contributed by atoms with Crippen LogP contribution in [0.4, 0.5) is 0 Å². The van der Waals surface area contributed by atoms with Gasteiger partial charge in [0.15, 0.2) is 9.84 Å². The highest BCUT2D eigenvalue weighted by atomic mass is 32.2. The van der Waals surface area contributed by atoms with Gasteiger partial charge in [0.2, 0.25) is 0 Å². The van der Waals surface area contributed by atoms with Crippen molar-refractivity contribution in [2.24, 2.45) is 5.92 Å². The number of rotatable bonds is 4. The van der Waals surface area contributed by atoms with E-state index < -0.39 is 9.84 Å². The van der Waals surface area contributed by atoms with Crippen LogP contribution in [-0.2, 0) is 9.84 Å². The molecule has 17 heavy (non-hydrogen) atoms. The molecule has 0 aromatic heterocycles. The van der Waals surface area contributed by atoms with Crippen molar-refractivity contribution in [3.8, 4) is 0 Å². The van der Waals surface area contributed by atoms with Gasteiger partial charge in [-0.2, -0.15) is 0 Å². The Hall–Kier alpha value is -0.0900. The summed E-state index contributed by atoms with van der Waals surface area (Å²) in [6.45, 7) is 5.60. The Morgan fingerprint density at radius 2 is 2.12 bits per heavy atom. The molecule has 2 rings (SSSR count). The third-order valence-corrected chi connectivity index (χ3v) is 7.10. The minimum atomic E-state index is -2.76. The van der Waals surface area contributed by atoms with Crippen LogP contribution in [0.25, 0.3) is 0 Å². The number of sulfone groups is 1. The molecule has 100 valence electrons. The maximum Gasteiger partial charge on any atom is 0.153 e. The van der Waals surface area contributed by atoms with Crippen molar-refractivity contribution >= 4 is 9.84 Å². The van der Waals surface area contributed by atoms with Gasteiger partial charge in [0.1, 0.15) is 0 Å². The Bertz CT molecular complexity index is 356. The van der Waals surface area contributed by atoms with Gasteiger partial charge >= 0.3 is 0 Å². The SMILES string of the molecule is CC(C)C1(CCC2CCCS2(=O)=O)CCCN1. The molecule has 4 heteroatoms. The average molecular weight is 259 g/mol. The highest BCUT2D eigenvalue weighted by molar-refractivity contribution is 7.92. The van der Waals surface area contributed by atoms with Crippen LogP contribution in [0.5, 0.6) is 0 Å². The second kappa shape index (κ2) is 4.88. The quantitative estimate of drug-likeness (QED) is 0.841. The normalized spacial score (nSPS) is 36.8. The summed E-state index contributed by atoms with van der Waals surface area (Å²) in [5, 5.41) is 3.57. The molecule has 2 atom stereocenters. The lowest BCUT2D eigenvalue weighted by Gasteiger charge is -2.34. The van der Waals surface area contributed by atoms with Gasteiger partial charge in [-0.3, -0.25) is 0 Å². The van der Waals surface area contributed by atoms with Crippen LogP contribution >= 0.6 is 0 Å². The average Bonchev–Trinajstić information content (AvgIpc) is 2.82. The number of nitrogens with one attached hydrogen (secondary N) is 1. The van der Waals surface area contributed by atoms with Crippen molar-refractivity contribution in [2.75, 3.05) is 12.3 Å². The van der Waals surface area contributed by atoms with Gasteiger partial charge in [0, 0.05) is 5.54 Å². The highest BCUT2D eigenvalue weighted by Gasteiger charge is 2.39. The minimum Gasteiger partial charge on any atom is -0.311 e. The van der Waals surface area contributed by atoms with E-state index in [0.717, 1.165) is 32.2 Å². The maximum atomic E-state index is 11.8. The molecule has 0 aromatic rings. The Balaban J connectivity index is 1.97. The molecular weight excluding hydrogens is 234 g/mol. The Labute approximate surface area is 105 Å². The van der Waals surface area contributed by atoms with Crippen LogP contribution in [0.3, 0.4) is 0 Å². The van der Waals surface area contributed by atoms with Crippen molar-refractivity contribution in [3.05, 3.63) is 0 Å². The van der Waals surface area contributed by atoms with E-state index in [2.05, 4.69) is 19.2 Å². The van der Waals surface area contributed by atoms with Gasteiger partial charge in [-0.1, -0.05) is 13.8 Å². The smallest absolute Gasteiger partial charge is 0.153 e. The summed E-state index contributed by atoms with van der Waals surface area (Å²) in [5.41, 5.74) is 0.206. The zero-order valence-corrected chi connectivity index (χ0v) is 11.9. The molecule has 1 N–H and O–H groups in total. The first-order chi connectivity index (χ1) is 7.96. The fraction of sp³-hybridized carbons (Fsp3) is 1.00. The van der Waals surface area contributed by atoms with E-state index in [1.54, 1.807) is 0 Å². The molecule has 2 fully saturated rings. The van der Waals surface area contributed by atoms with E-state index in [-0.39, 0.29) is 10.8 Å². The van der Waals surface area contributed by atoms with Crippen LogP contribution in [0.1, 0.15) is 52.4 Å². The van der Waals surface area contributed by atoms with Gasteiger partial charge in [0.05, 0.1) is 11.0 Å². The summed E-state index contributed by atoms with van der Waals surface area (Å²) in [7, 11) is -2.76. The summed E-state index contributed by atoms with van der Waals surface area (Å²) in [5.74, 6) is 1.01. The second-order valence-corrected chi connectivity index (χ2v) is 8.41. The first-order valence-electron chi connectivity index (χ1n) is 6.93. The lowest BCUT2D eigenvalue weighted by molar-refractivity contribution is 0.245. The van der Waals surface area contributed by atoms with Crippen LogP contribution in [0, 0.1) is 5.92 Å². The lowest BCUT2D eigenvalue weighted by atomic mass is 9.80. The summed E-state index contributed by atoms with van der Waals surface area (Å²) in [4.78, 5) is 0. The lowest BCUT2D eigenvalue weighted by Crippen LogP contribution is -2.45. The zero-order valence-electron chi connectivity index (χ0n) is 11.0. The minimum absolute atomic E-state index is 0.0551. The van der Waals surface area contributed by atoms with E-state index in [1.807, 2.05) is 0 Å². The van der Waals surface area contributed by atoms with Gasteiger partial charge in [-0.15, -0.1) is 0 Å². The Kier molecular flexibility index (Phi) is 3.83. The van der Waals surface area contributed by atoms with E-state index >= 15 is 0 Å². The summed E-state index contributed by atoms with van der Waals surface area (Å²) < 4.78 is 23.6. The molecule has 2 aliphatic rings. The zero-order chi connectivity index (χ0) is 12.5. The van der Waals surface area contributed by atoms with E-state index in [4.69, 9.17) is 0 Å². The summed E-state index contributed by atoms with van der Waals surface area (Å²) in [6.07, 6.45) is 6.07. The van der Waals surface area contributed by atoms with Crippen molar-refractivity contribution in [1.29, 1.82) is 0 Å². The summed E-state index contributed by atoms with van der Waals surface area (Å²) in [6, 6.07) is 0.